The number of pyridine rings is 1. The molecule has 1 N–H and O–H groups in total. The molecule has 0 atom stereocenters. The molecule has 0 saturated heterocycles. The fraction of sp³-hybridized carbons (Fsp3) is 0.118. The van der Waals surface area contributed by atoms with E-state index in [2.05, 4.69) is 16.8 Å². The zero-order valence-electron chi connectivity index (χ0n) is 11.6. The van der Waals surface area contributed by atoms with Crippen LogP contribution in [0.5, 0.6) is 0 Å². The molecule has 22 heavy (non-hydrogen) atoms. The van der Waals surface area contributed by atoms with E-state index in [1.165, 1.54) is 6.20 Å². The Kier molecular flexibility index (Phi) is 3.69. The van der Waals surface area contributed by atoms with Crippen molar-refractivity contribution in [1.82, 2.24) is 4.98 Å². The monoisotopic (exact) mass is 292 g/mol. The van der Waals surface area contributed by atoms with Gasteiger partial charge in [-0.3, -0.25) is 9.59 Å². The van der Waals surface area contributed by atoms with Crippen molar-refractivity contribution in [2.24, 2.45) is 0 Å². The lowest BCUT2D eigenvalue weighted by atomic mass is 10.1. The number of rotatable bonds is 2. The van der Waals surface area contributed by atoms with Gasteiger partial charge in [0, 0.05) is 18.2 Å². The zero-order valence-corrected chi connectivity index (χ0v) is 11.6. The van der Waals surface area contributed by atoms with Crippen molar-refractivity contribution in [2.75, 3.05) is 11.5 Å². The summed E-state index contributed by atoms with van der Waals surface area (Å²) in [6.07, 6.45) is 1.87. The van der Waals surface area contributed by atoms with Gasteiger partial charge in [-0.25, -0.2) is 9.88 Å². The molecule has 1 aromatic heterocycles. The third kappa shape index (κ3) is 2.36. The van der Waals surface area contributed by atoms with Gasteiger partial charge in [-0.15, -0.1) is 0 Å². The summed E-state index contributed by atoms with van der Waals surface area (Å²) in [5, 5.41) is 8.73. The first-order chi connectivity index (χ1) is 10.7. The molecule has 0 unspecified atom stereocenters. The number of fused-ring (bicyclic) bond motifs is 1. The summed E-state index contributed by atoms with van der Waals surface area (Å²) in [7, 11) is 0. The highest BCUT2D eigenvalue weighted by molar-refractivity contribution is 6.34. The molecule has 0 bridgehead atoms. The van der Waals surface area contributed by atoms with Gasteiger partial charge in [-0.05, 0) is 24.3 Å². The third-order valence-corrected chi connectivity index (χ3v) is 3.24. The van der Waals surface area contributed by atoms with Gasteiger partial charge in [0.25, 0.3) is 11.8 Å². The minimum atomic E-state index is -0.381. The quantitative estimate of drug-likeness (QED) is 0.674. The Hall–Kier alpha value is -2.97. The lowest BCUT2D eigenvalue weighted by molar-refractivity contribution is 0.0925. The maximum Gasteiger partial charge on any atom is 0.267 e. The number of benzene rings is 1. The molecule has 0 aliphatic carbocycles. The average Bonchev–Trinajstić information content (AvgIpc) is 2.80. The highest BCUT2D eigenvalue weighted by Crippen LogP contribution is 2.27. The van der Waals surface area contributed by atoms with Gasteiger partial charge in [-0.1, -0.05) is 24.0 Å². The van der Waals surface area contributed by atoms with Gasteiger partial charge in [0.2, 0.25) is 0 Å². The van der Waals surface area contributed by atoms with Gasteiger partial charge >= 0.3 is 0 Å². The highest BCUT2D eigenvalue weighted by atomic mass is 16.2. The molecule has 2 heterocycles. The summed E-state index contributed by atoms with van der Waals surface area (Å²) in [4.78, 5) is 29.9. The first-order valence-corrected chi connectivity index (χ1v) is 6.76. The van der Waals surface area contributed by atoms with Gasteiger partial charge < -0.3 is 5.11 Å². The predicted octanol–water partition coefficient (Wildman–Crippen LogP) is 1.62. The van der Waals surface area contributed by atoms with Crippen molar-refractivity contribution in [3.05, 3.63) is 59.3 Å². The van der Waals surface area contributed by atoms with Crippen LogP contribution < -0.4 is 4.90 Å². The summed E-state index contributed by atoms with van der Waals surface area (Å²) in [5.41, 5.74) is 1.40. The lowest BCUT2D eigenvalue weighted by Crippen LogP contribution is -2.30. The summed E-state index contributed by atoms with van der Waals surface area (Å²) in [5.74, 6) is 5.14. The number of imide groups is 1. The molecule has 108 valence electrons. The molecule has 0 radical (unpaired) electrons. The van der Waals surface area contributed by atoms with Gasteiger partial charge in [-0.2, -0.15) is 0 Å². The number of aliphatic hydroxyl groups is 1. The standard InChI is InChI=1S/C17H12N2O3/c20-10-4-3-5-12-8-9-18-15(11-12)19-16(21)13-6-1-2-7-14(13)17(19)22/h1-2,6-9,11,20H,4,10H2. The smallest absolute Gasteiger partial charge is 0.267 e. The van der Waals surface area contributed by atoms with E-state index in [-0.39, 0.29) is 24.2 Å². The Labute approximate surface area is 127 Å². The molecule has 1 aliphatic rings. The van der Waals surface area contributed by atoms with Crippen LogP contribution in [0.15, 0.2) is 42.6 Å². The molecule has 1 aromatic carbocycles. The molecule has 1 aliphatic heterocycles. The van der Waals surface area contributed by atoms with Crippen LogP contribution in [0.1, 0.15) is 32.7 Å². The first kappa shape index (κ1) is 14.0. The van der Waals surface area contributed by atoms with E-state index in [0.29, 0.717) is 23.1 Å². The van der Waals surface area contributed by atoms with E-state index >= 15 is 0 Å². The number of carbonyl (C=O) groups is 2. The first-order valence-electron chi connectivity index (χ1n) is 6.76. The van der Waals surface area contributed by atoms with Crippen molar-refractivity contribution < 1.29 is 14.7 Å². The van der Waals surface area contributed by atoms with Crippen molar-refractivity contribution in [3.8, 4) is 11.8 Å². The van der Waals surface area contributed by atoms with Gasteiger partial charge in [0.05, 0.1) is 17.7 Å². The second kappa shape index (κ2) is 5.80. The van der Waals surface area contributed by atoms with Crippen LogP contribution in [-0.2, 0) is 0 Å². The Morgan fingerprint density at radius 3 is 2.41 bits per heavy atom. The highest BCUT2D eigenvalue weighted by Gasteiger charge is 2.37. The summed E-state index contributed by atoms with van der Waals surface area (Å²) in [6, 6.07) is 9.97. The topological polar surface area (TPSA) is 70.5 Å². The number of hydrogen-bond acceptors (Lipinski definition) is 4. The minimum absolute atomic E-state index is 0.0106. The van der Waals surface area contributed by atoms with E-state index in [4.69, 9.17) is 5.11 Å². The molecule has 0 fully saturated rings. The molecule has 2 aromatic rings. The maximum atomic E-state index is 12.4. The second-order valence-corrected chi connectivity index (χ2v) is 4.67. The molecule has 0 spiro atoms. The number of amides is 2. The van der Waals surface area contributed by atoms with Crippen LogP contribution in [0.25, 0.3) is 0 Å². The zero-order chi connectivity index (χ0) is 15.5. The third-order valence-electron chi connectivity index (χ3n) is 3.24. The van der Waals surface area contributed by atoms with Crippen LogP contribution in [0.4, 0.5) is 5.82 Å². The minimum Gasteiger partial charge on any atom is -0.395 e. The summed E-state index contributed by atoms with van der Waals surface area (Å²) in [6.45, 7) is -0.0106. The van der Waals surface area contributed by atoms with Crippen molar-refractivity contribution in [3.63, 3.8) is 0 Å². The lowest BCUT2D eigenvalue weighted by Gasteiger charge is -2.12. The van der Waals surface area contributed by atoms with E-state index in [1.807, 2.05) is 0 Å². The number of hydrogen-bond donors (Lipinski definition) is 1. The van der Waals surface area contributed by atoms with Crippen LogP contribution >= 0.6 is 0 Å². The van der Waals surface area contributed by atoms with Crippen LogP contribution in [0.3, 0.4) is 0 Å². The van der Waals surface area contributed by atoms with Crippen molar-refractivity contribution >= 4 is 17.6 Å². The number of aromatic nitrogens is 1. The van der Waals surface area contributed by atoms with Crippen LogP contribution in [0, 0.1) is 11.8 Å². The van der Waals surface area contributed by atoms with Crippen LogP contribution in [0.2, 0.25) is 0 Å². The number of nitrogens with zero attached hydrogens (tertiary/aromatic N) is 2. The van der Waals surface area contributed by atoms with Crippen molar-refractivity contribution in [2.45, 2.75) is 6.42 Å². The molecule has 2 amide bonds. The van der Waals surface area contributed by atoms with E-state index in [0.717, 1.165) is 4.90 Å². The van der Waals surface area contributed by atoms with E-state index < -0.39 is 0 Å². The number of carbonyl (C=O) groups excluding carboxylic acids is 2. The largest absolute Gasteiger partial charge is 0.395 e. The molecule has 3 rings (SSSR count). The summed E-state index contributed by atoms with van der Waals surface area (Å²) >= 11 is 0. The molecular weight excluding hydrogens is 280 g/mol. The van der Waals surface area contributed by atoms with E-state index in [1.54, 1.807) is 36.4 Å². The fourth-order valence-electron chi connectivity index (χ4n) is 2.24. The van der Waals surface area contributed by atoms with Crippen molar-refractivity contribution in [1.29, 1.82) is 0 Å². The fourth-order valence-corrected chi connectivity index (χ4v) is 2.24. The van der Waals surface area contributed by atoms with Gasteiger partial charge in [0.1, 0.15) is 5.82 Å². The second-order valence-electron chi connectivity index (χ2n) is 4.67. The summed E-state index contributed by atoms with van der Waals surface area (Å²) < 4.78 is 0. The maximum absolute atomic E-state index is 12.4. The molecule has 5 nitrogen and oxygen atoms in total. The van der Waals surface area contributed by atoms with Crippen LogP contribution in [-0.4, -0.2) is 28.5 Å². The average molecular weight is 292 g/mol. The molecular formula is C17H12N2O3. The predicted molar refractivity (Wildman–Crippen MR) is 80.4 cm³/mol. The Balaban J connectivity index is 1.97. The Morgan fingerprint density at radius 1 is 1.09 bits per heavy atom. The SMILES string of the molecule is O=C1c2ccccc2C(=O)N1c1cc(C#CCCO)ccn1. The Morgan fingerprint density at radius 2 is 1.77 bits per heavy atom. The van der Waals surface area contributed by atoms with Gasteiger partial charge in [0.15, 0.2) is 0 Å². The Bertz CT molecular complexity index is 783. The number of aliphatic hydroxyl groups excluding tert-OH is 1. The number of anilines is 1. The molecule has 0 saturated carbocycles. The molecule has 5 heteroatoms. The normalized spacial score (nSPS) is 12.9. The van der Waals surface area contributed by atoms with E-state index in [9.17, 15) is 9.59 Å².